The zero-order chi connectivity index (χ0) is 13.1. The van der Waals surface area contributed by atoms with E-state index in [9.17, 15) is 4.79 Å². The van der Waals surface area contributed by atoms with Crippen LogP contribution in [0.5, 0.6) is 0 Å². The molecule has 1 atom stereocenters. The van der Waals surface area contributed by atoms with Gasteiger partial charge in [-0.3, -0.25) is 15.0 Å². The van der Waals surface area contributed by atoms with Crippen LogP contribution in [0.25, 0.3) is 0 Å². The molecule has 1 unspecified atom stereocenters. The fourth-order valence-electron chi connectivity index (χ4n) is 1.70. The van der Waals surface area contributed by atoms with Crippen LogP contribution in [0.4, 0.5) is 5.82 Å². The van der Waals surface area contributed by atoms with Gasteiger partial charge in [-0.25, -0.2) is 0 Å². The summed E-state index contributed by atoms with van der Waals surface area (Å²) in [6.07, 6.45) is 0.666. The summed E-state index contributed by atoms with van der Waals surface area (Å²) in [5.41, 5.74) is 7.72. The molecule has 2 aromatic rings. The maximum Gasteiger partial charge on any atom is 0.269 e. The minimum Gasteiger partial charge on any atom is -0.382 e. The highest BCUT2D eigenvalue weighted by atomic mass is 16.2. The number of aromatic nitrogens is 4. The lowest BCUT2D eigenvalue weighted by atomic mass is 10.1. The van der Waals surface area contributed by atoms with Crippen molar-refractivity contribution in [2.45, 2.75) is 26.3 Å². The number of H-pyrrole nitrogens is 2. The van der Waals surface area contributed by atoms with Crippen molar-refractivity contribution >= 4 is 11.7 Å². The van der Waals surface area contributed by atoms with Gasteiger partial charge in [-0.15, -0.1) is 0 Å². The lowest BCUT2D eigenvalue weighted by Crippen LogP contribution is -2.34. The standard InChI is InChI=1S/C11H16N6O/c1-6(3-8-4-7(2)14-15-8)13-11(18)9-5-10(12)17-16-9/h4-6H,3H2,1-2H3,(H,13,18)(H,14,15)(H3,12,16,17). The molecule has 7 heteroatoms. The third-order valence-corrected chi connectivity index (χ3v) is 2.49. The Kier molecular flexibility index (Phi) is 3.31. The summed E-state index contributed by atoms with van der Waals surface area (Å²) in [4.78, 5) is 11.8. The number of amides is 1. The molecule has 96 valence electrons. The molecule has 0 aliphatic rings. The molecule has 1 amide bonds. The summed E-state index contributed by atoms with van der Waals surface area (Å²) in [5, 5.41) is 16.1. The second-order valence-corrected chi connectivity index (χ2v) is 4.33. The maximum atomic E-state index is 11.8. The number of aryl methyl sites for hydroxylation is 1. The van der Waals surface area contributed by atoms with Crippen LogP contribution < -0.4 is 11.1 Å². The number of carbonyl (C=O) groups is 1. The third kappa shape index (κ3) is 2.88. The maximum absolute atomic E-state index is 11.8. The lowest BCUT2D eigenvalue weighted by molar-refractivity contribution is 0.0935. The highest BCUT2D eigenvalue weighted by molar-refractivity contribution is 5.93. The average molecular weight is 248 g/mol. The summed E-state index contributed by atoms with van der Waals surface area (Å²) < 4.78 is 0. The average Bonchev–Trinajstić information content (AvgIpc) is 2.87. The molecule has 2 heterocycles. The minimum absolute atomic E-state index is 0.0234. The second-order valence-electron chi connectivity index (χ2n) is 4.33. The van der Waals surface area contributed by atoms with Crippen molar-refractivity contribution in [2.75, 3.05) is 5.73 Å². The van der Waals surface area contributed by atoms with E-state index in [4.69, 9.17) is 5.73 Å². The van der Waals surface area contributed by atoms with Crippen molar-refractivity contribution < 1.29 is 4.79 Å². The van der Waals surface area contributed by atoms with Crippen LogP contribution in [0.2, 0.25) is 0 Å². The van der Waals surface area contributed by atoms with Crippen molar-refractivity contribution in [3.05, 3.63) is 29.2 Å². The number of nitrogens with zero attached hydrogens (tertiary/aromatic N) is 2. The van der Waals surface area contributed by atoms with Crippen molar-refractivity contribution in [3.8, 4) is 0 Å². The molecule has 2 aromatic heterocycles. The smallest absolute Gasteiger partial charge is 0.269 e. The van der Waals surface area contributed by atoms with Gasteiger partial charge < -0.3 is 11.1 Å². The molecule has 2 rings (SSSR count). The summed E-state index contributed by atoms with van der Waals surface area (Å²) in [7, 11) is 0. The minimum atomic E-state index is -0.223. The van der Waals surface area contributed by atoms with E-state index >= 15 is 0 Å². The number of carbonyl (C=O) groups excluding carboxylic acids is 1. The molecule has 0 saturated heterocycles. The van der Waals surface area contributed by atoms with Crippen molar-refractivity contribution in [1.82, 2.24) is 25.7 Å². The van der Waals surface area contributed by atoms with Gasteiger partial charge in [0.15, 0.2) is 0 Å². The Bertz CT molecular complexity index is 543. The predicted octanol–water partition coefficient (Wildman–Crippen LogP) is 0.384. The van der Waals surface area contributed by atoms with E-state index in [0.29, 0.717) is 17.9 Å². The fourth-order valence-corrected chi connectivity index (χ4v) is 1.70. The monoisotopic (exact) mass is 248 g/mol. The van der Waals surface area contributed by atoms with Crippen LogP contribution in [0.1, 0.15) is 28.8 Å². The molecular formula is C11H16N6O. The highest BCUT2D eigenvalue weighted by Gasteiger charge is 2.13. The van der Waals surface area contributed by atoms with Gasteiger partial charge in [0.2, 0.25) is 0 Å². The quantitative estimate of drug-likeness (QED) is 0.626. The molecule has 0 spiro atoms. The molecule has 0 saturated carbocycles. The lowest BCUT2D eigenvalue weighted by Gasteiger charge is -2.11. The summed E-state index contributed by atoms with van der Waals surface area (Å²) in [6, 6.07) is 3.43. The Morgan fingerprint density at radius 1 is 1.44 bits per heavy atom. The van der Waals surface area contributed by atoms with Crippen LogP contribution in [-0.2, 0) is 6.42 Å². The zero-order valence-corrected chi connectivity index (χ0v) is 10.3. The number of aromatic amines is 2. The first-order valence-electron chi connectivity index (χ1n) is 5.67. The number of hydrogen-bond donors (Lipinski definition) is 4. The van der Waals surface area contributed by atoms with E-state index in [1.165, 1.54) is 6.07 Å². The van der Waals surface area contributed by atoms with Gasteiger partial charge in [0.1, 0.15) is 11.5 Å². The summed E-state index contributed by atoms with van der Waals surface area (Å²) in [5.74, 6) is 0.0784. The summed E-state index contributed by atoms with van der Waals surface area (Å²) >= 11 is 0. The molecule has 0 aliphatic carbocycles. The predicted molar refractivity (Wildman–Crippen MR) is 67.0 cm³/mol. The Hall–Kier alpha value is -2.31. The fraction of sp³-hybridized carbons (Fsp3) is 0.364. The molecule has 5 N–H and O–H groups in total. The Labute approximate surface area is 104 Å². The van der Waals surface area contributed by atoms with Crippen molar-refractivity contribution in [1.29, 1.82) is 0 Å². The van der Waals surface area contributed by atoms with Crippen molar-refractivity contribution in [2.24, 2.45) is 0 Å². The van der Waals surface area contributed by atoms with Gasteiger partial charge in [-0.2, -0.15) is 10.2 Å². The third-order valence-electron chi connectivity index (χ3n) is 2.49. The first-order chi connectivity index (χ1) is 8.54. The van der Waals surface area contributed by atoms with Crippen LogP contribution in [-0.4, -0.2) is 32.3 Å². The van der Waals surface area contributed by atoms with Gasteiger partial charge in [-0.1, -0.05) is 0 Å². The Balaban J connectivity index is 1.91. The second kappa shape index (κ2) is 4.91. The number of nitrogens with two attached hydrogens (primary N) is 1. The first-order valence-corrected chi connectivity index (χ1v) is 5.67. The highest BCUT2D eigenvalue weighted by Crippen LogP contribution is 2.04. The normalized spacial score (nSPS) is 12.3. The molecule has 0 aliphatic heterocycles. The van der Waals surface area contributed by atoms with Gasteiger partial charge in [-0.05, 0) is 19.9 Å². The van der Waals surface area contributed by atoms with E-state index in [1.54, 1.807) is 0 Å². The Morgan fingerprint density at radius 2 is 2.22 bits per heavy atom. The summed E-state index contributed by atoms with van der Waals surface area (Å²) in [6.45, 7) is 3.86. The largest absolute Gasteiger partial charge is 0.382 e. The van der Waals surface area contributed by atoms with Gasteiger partial charge in [0, 0.05) is 24.2 Å². The molecule has 0 radical (unpaired) electrons. The van der Waals surface area contributed by atoms with Gasteiger partial charge in [0.25, 0.3) is 5.91 Å². The molecule has 0 aromatic carbocycles. The number of hydrogen-bond acceptors (Lipinski definition) is 4. The van der Waals surface area contributed by atoms with Gasteiger partial charge in [0.05, 0.1) is 5.69 Å². The molecule has 0 bridgehead atoms. The number of rotatable bonds is 4. The molecule has 0 fully saturated rings. The Morgan fingerprint density at radius 3 is 2.78 bits per heavy atom. The molecule has 7 nitrogen and oxygen atoms in total. The van der Waals surface area contributed by atoms with E-state index in [0.717, 1.165) is 11.4 Å². The van der Waals surface area contributed by atoms with E-state index < -0.39 is 0 Å². The van der Waals surface area contributed by atoms with Gasteiger partial charge >= 0.3 is 0 Å². The first kappa shape index (κ1) is 12.2. The van der Waals surface area contributed by atoms with Crippen LogP contribution >= 0.6 is 0 Å². The molecular weight excluding hydrogens is 232 g/mol. The molecule has 18 heavy (non-hydrogen) atoms. The number of anilines is 1. The van der Waals surface area contributed by atoms with E-state index in [1.807, 2.05) is 19.9 Å². The van der Waals surface area contributed by atoms with Crippen LogP contribution in [0.15, 0.2) is 12.1 Å². The van der Waals surface area contributed by atoms with E-state index in [2.05, 4.69) is 25.7 Å². The van der Waals surface area contributed by atoms with Crippen molar-refractivity contribution in [3.63, 3.8) is 0 Å². The zero-order valence-electron chi connectivity index (χ0n) is 10.3. The topological polar surface area (TPSA) is 112 Å². The SMILES string of the molecule is Cc1cc(CC(C)NC(=O)c2cc(N)n[nH]2)n[nH]1. The van der Waals surface area contributed by atoms with Crippen LogP contribution in [0.3, 0.4) is 0 Å². The number of nitrogen functional groups attached to an aromatic ring is 1. The number of nitrogens with one attached hydrogen (secondary N) is 3. The van der Waals surface area contributed by atoms with E-state index in [-0.39, 0.29) is 11.9 Å². The van der Waals surface area contributed by atoms with Crippen LogP contribution in [0, 0.1) is 6.92 Å².